The highest BCUT2D eigenvalue weighted by molar-refractivity contribution is 9.10. The van der Waals surface area contributed by atoms with E-state index in [0.717, 1.165) is 9.35 Å². The van der Waals surface area contributed by atoms with Crippen LogP contribution in [0.1, 0.15) is 16.3 Å². The van der Waals surface area contributed by atoms with Crippen molar-refractivity contribution < 1.29 is 8.42 Å². The topological polar surface area (TPSA) is 80.5 Å². The lowest BCUT2D eigenvalue weighted by atomic mass is 10.3. The zero-order valence-corrected chi connectivity index (χ0v) is 16.3. The van der Waals surface area contributed by atoms with E-state index in [1.54, 1.807) is 31.2 Å². The molecule has 0 atom stereocenters. The van der Waals surface area contributed by atoms with E-state index in [9.17, 15) is 13.2 Å². The van der Waals surface area contributed by atoms with Crippen molar-refractivity contribution in [2.45, 2.75) is 25.7 Å². The van der Waals surface area contributed by atoms with Crippen LogP contribution in [0.25, 0.3) is 4.96 Å². The number of aryl methyl sites for hydroxylation is 3. The van der Waals surface area contributed by atoms with Crippen LogP contribution in [0.2, 0.25) is 0 Å². The number of rotatable bonds is 3. The van der Waals surface area contributed by atoms with Crippen molar-refractivity contribution in [1.82, 2.24) is 9.38 Å². The molecule has 0 aliphatic rings. The monoisotopic (exact) mass is 427 g/mol. The first-order valence-corrected chi connectivity index (χ1v) is 10.1. The molecule has 0 spiro atoms. The van der Waals surface area contributed by atoms with Crippen molar-refractivity contribution in [3.8, 4) is 0 Å². The van der Waals surface area contributed by atoms with Crippen LogP contribution in [0.15, 0.2) is 38.4 Å². The fourth-order valence-corrected chi connectivity index (χ4v) is 4.93. The second-order valence-corrected chi connectivity index (χ2v) is 9.02. The molecule has 0 aliphatic carbocycles. The largest absolute Gasteiger partial charge is 0.279 e. The summed E-state index contributed by atoms with van der Waals surface area (Å²) >= 11 is 4.65. The van der Waals surface area contributed by atoms with Crippen molar-refractivity contribution in [2.75, 3.05) is 4.72 Å². The second-order valence-electron chi connectivity index (χ2n) is 5.31. The number of hydrogen-bond acceptors (Lipinski definition) is 5. The minimum absolute atomic E-state index is 0.186. The van der Waals surface area contributed by atoms with Crippen LogP contribution < -0.4 is 10.3 Å². The molecule has 126 valence electrons. The Morgan fingerprint density at radius 2 is 1.79 bits per heavy atom. The van der Waals surface area contributed by atoms with Crippen LogP contribution in [0.5, 0.6) is 0 Å². The van der Waals surface area contributed by atoms with Crippen LogP contribution in [0.3, 0.4) is 0 Å². The summed E-state index contributed by atoms with van der Waals surface area (Å²) in [4.78, 5) is 18.2. The molecule has 24 heavy (non-hydrogen) atoms. The molecule has 1 N–H and O–H groups in total. The lowest BCUT2D eigenvalue weighted by molar-refractivity contribution is 0.598. The number of halogens is 1. The summed E-state index contributed by atoms with van der Waals surface area (Å²) in [7, 11) is -4.04. The Kier molecular flexibility index (Phi) is 4.27. The maximum Gasteiger partial charge on any atom is 0.279 e. The number of thiazole rings is 1. The van der Waals surface area contributed by atoms with Gasteiger partial charge in [-0.25, -0.2) is 13.4 Å². The van der Waals surface area contributed by atoms with Gasteiger partial charge in [-0.3, -0.25) is 13.9 Å². The maximum atomic E-state index is 12.8. The smallest absolute Gasteiger partial charge is 0.279 e. The Bertz CT molecular complexity index is 1100. The number of hydrogen-bond donors (Lipinski definition) is 1. The molecule has 2 heterocycles. The van der Waals surface area contributed by atoms with Gasteiger partial charge in [-0.15, -0.1) is 11.3 Å². The lowest BCUT2D eigenvalue weighted by Gasteiger charge is -2.10. The summed E-state index contributed by atoms with van der Waals surface area (Å²) < 4.78 is 30.0. The molecule has 2 aromatic heterocycles. The number of aromatic nitrogens is 2. The normalized spacial score (nSPS) is 11.8. The summed E-state index contributed by atoms with van der Waals surface area (Å²) in [5.74, 6) is 0. The van der Waals surface area contributed by atoms with Gasteiger partial charge in [0.2, 0.25) is 0 Å². The fourth-order valence-electron chi connectivity index (χ4n) is 2.35. The quantitative estimate of drug-likeness (QED) is 0.695. The number of fused-ring (bicyclic) bond motifs is 1. The number of benzene rings is 1. The van der Waals surface area contributed by atoms with Gasteiger partial charge in [-0.05, 0) is 45.0 Å². The first-order valence-electron chi connectivity index (χ1n) is 6.98. The molecule has 0 bridgehead atoms. The van der Waals surface area contributed by atoms with Crippen molar-refractivity contribution in [3.05, 3.63) is 55.4 Å². The minimum atomic E-state index is -4.04. The van der Waals surface area contributed by atoms with Crippen LogP contribution in [0.4, 0.5) is 5.69 Å². The van der Waals surface area contributed by atoms with Crippen LogP contribution in [0, 0.1) is 20.8 Å². The standard InChI is InChI=1S/C15H14BrN3O3S2/c1-8-13(14(20)19-9(2)10(3)23-15(19)17-8)24(21,22)18-12-6-4-11(16)5-7-12/h4-7,18H,1-3H3. The van der Waals surface area contributed by atoms with E-state index in [0.29, 0.717) is 16.3 Å². The average molecular weight is 428 g/mol. The molecule has 0 unspecified atom stereocenters. The van der Waals surface area contributed by atoms with E-state index >= 15 is 0 Å². The summed E-state index contributed by atoms with van der Waals surface area (Å²) in [6.07, 6.45) is 0. The molecule has 6 nitrogen and oxygen atoms in total. The van der Waals surface area contributed by atoms with E-state index in [2.05, 4.69) is 25.6 Å². The van der Waals surface area contributed by atoms with Crippen molar-refractivity contribution >= 4 is 47.9 Å². The van der Waals surface area contributed by atoms with Gasteiger partial charge in [0.15, 0.2) is 9.86 Å². The Morgan fingerprint density at radius 3 is 2.42 bits per heavy atom. The first kappa shape index (κ1) is 17.1. The highest BCUT2D eigenvalue weighted by Gasteiger charge is 2.25. The summed E-state index contributed by atoms with van der Waals surface area (Å²) in [6, 6.07) is 6.65. The number of nitrogens with one attached hydrogen (secondary N) is 1. The Hall–Kier alpha value is -1.71. The lowest BCUT2D eigenvalue weighted by Crippen LogP contribution is -2.28. The molecule has 0 saturated carbocycles. The second kappa shape index (κ2) is 5.98. The Labute approximate surface area is 151 Å². The molecule has 0 aliphatic heterocycles. The molecule has 0 radical (unpaired) electrons. The van der Waals surface area contributed by atoms with E-state index < -0.39 is 15.6 Å². The van der Waals surface area contributed by atoms with Gasteiger partial charge in [0.05, 0.1) is 5.69 Å². The number of anilines is 1. The van der Waals surface area contributed by atoms with Crippen LogP contribution >= 0.6 is 27.3 Å². The molecular weight excluding hydrogens is 414 g/mol. The van der Waals surface area contributed by atoms with E-state index in [1.807, 2.05) is 6.92 Å². The summed E-state index contributed by atoms with van der Waals surface area (Å²) in [6.45, 7) is 5.18. The van der Waals surface area contributed by atoms with Gasteiger partial charge < -0.3 is 0 Å². The summed E-state index contributed by atoms with van der Waals surface area (Å²) in [5, 5.41) is 0. The third kappa shape index (κ3) is 2.87. The predicted molar refractivity (Wildman–Crippen MR) is 98.5 cm³/mol. The van der Waals surface area contributed by atoms with Gasteiger partial charge in [-0.1, -0.05) is 15.9 Å². The zero-order valence-electron chi connectivity index (χ0n) is 13.1. The molecule has 0 fully saturated rings. The molecule has 9 heteroatoms. The van der Waals surface area contributed by atoms with Crippen molar-refractivity contribution in [2.24, 2.45) is 0 Å². The molecular formula is C15H14BrN3O3S2. The van der Waals surface area contributed by atoms with Gasteiger partial charge in [0.1, 0.15) is 0 Å². The number of nitrogens with zero attached hydrogens (tertiary/aromatic N) is 2. The highest BCUT2D eigenvalue weighted by Crippen LogP contribution is 2.22. The predicted octanol–water partition coefficient (Wildman–Crippen LogP) is 3.24. The van der Waals surface area contributed by atoms with Gasteiger partial charge in [-0.2, -0.15) is 0 Å². The zero-order chi connectivity index (χ0) is 17.6. The third-order valence-electron chi connectivity index (χ3n) is 3.64. The van der Waals surface area contributed by atoms with E-state index in [-0.39, 0.29) is 10.6 Å². The van der Waals surface area contributed by atoms with Crippen LogP contribution in [-0.2, 0) is 10.0 Å². The van der Waals surface area contributed by atoms with Gasteiger partial charge in [0.25, 0.3) is 15.6 Å². The molecule has 0 amide bonds. The number of sulfonamides is 1. The summed E-state index contributed by atoms with van der Waals surface area (Å²) in [5.41, 5.74) is 0.683. The van der Waals surface area contributed by atoms with Gasteiger partial charge in [0, 0.05) is 20.7 Å². The SMILES string of the molecule is Cc1nc2sc(C)c(C)n2c(=O)c1S(=O)(=O)Nc1ccc(Br)cc1. The third-order valence-corrected chi connectivity index (χ3v) is 6.73. The van der Waals surface area contributed by atoms with E-state index in [4.69, 9.17) is 0 Å². The average Bonchev–Trinajstić information content (AvgIpc) is 2.75. The Balaban J connectivity index is 2.19. The Morgan fingerprint density at radius 1 is 1.17 bits per heavy atom. The molecule has 0 saturated heterocycles. The first-order chi connectivity index (χ1) is 11.2. The molecule has 1 aromatic carbocycles. The highest BCUT2D eigenvalue weighted by atomic mass is 79.9. The fraction of sp³-hybridized carbons (Fsp3) is 0.200. The maximum absolute atomic E-state index is 12.8. The minimum Gasteiger partial charge on any atom is -0.279 e. The van der Waals surface area contributed by atoms with E-state index in [1.165, 1.54) is 22.7 Å². The van der Waals surface area contributed by atoms with Crippen molar-refractivity contribution in [1.29, 1.82) is 0 Å². The van der Waals surface area contributed by atoms with Gasteiger partial charge >= 0.3 is 0 Å². The van der Waals surface area contributed by atoms with Crippen LogP contribution in [-0.4, -0.2) is 17.8 Å². The molecule has 3 rings (SSSR count). The molecule has 3 aromatic rings. The van der Waals surface area contributed by atoms with Crippen molar-refractivity contribution in [3.63, 3.8) is 0 Å².